The Bertz CT molecular complexity index is 651. The number of carbonyl (C=O) groups is 1. The average Bonchev–Trinajstić information content (AvgIpc) is 2.78. The van der Waals surface area contributed by atoms with Crippen molar-refractivity contribution in [2.24, 2.45) is 7.05 Å². The number of carbonyl (C=O) groups excluding carboxylic acids is 1. The summed E-state index contributed by atoms with van der Waals surface area (Å²) < 4.78 is 1.76. The quantitative estimate of drug-likeness (QED) is 0.476. The largest absolute Gasteiger partial charge is 0.305 e. The lowest BCUT2D eigenvalue weighted by molar-refractivity contribution is -0.384. The Morgan fingerprint density at radius 2 is 2.00 bits per heavy atom. The molecule has 0 aliphatic carbocycles. The lowest BCUT2D eigenvalue weighted by atomic mass is 10.2. The molecule has 20 heavy (non-hydrogen) atoms. The van der Waals surface area contributed by atoms with Crippen molar-refractivity contribution in [3.63, 3.8) is 0 Å². The normalized spacial score (nSPS) is 10.5. The Hall–Kier alpha value is -2.22. The van der Waals surface area contributed by atoms with Crippen LogP contribution < -0.4 is 0 Å². The van der Waals surface area contributed by atoms with Crippen molar-refractivity contribution in [2.45, 2.75) is 12.1 Å². The summed E-state index contributed by atoms with van der Waals surface area (Å²) in [5.41, 5.74) is 0.766. The number of hydrogen-bond acceptors (Lipinski definition) is 6. The van der Waals surface area contributed by atoms with Crippen LogP contribution in [0, 0.1) is 10.1 Å². The van der Waals surface area contributed by atoms with E-state index >= 15 is 0 Å². The van der Waals surface area contributed by atoms with Gasteiger partial charge < -0.3 is 4.57 Å². The number of non-ortho nitro benzene ring substituents is 1. The summed E-state index contributed by atoms with van der Waals surface area (Å²) in [5, 5.41) is 19.3. The highest BCUT2D eigenvalue weighted by molar-refractivity contribution is 7.99. The molecule has 7 nitrogen and oxygen atoms in total. The molecule has 104 valence electrons. The van der Waals surface area contributed by atoms with E-state index in [1.807, 2.05) is 0 Å². The molecule has 0 aliphatic rings. The Kier molecular flexibility index (Phi) is 4.14. The molecule has 0 amide bonds. The zero-order valence-corrected chi connectivity index (χ0v) is 11.8. The van der Waals surface area contributed by atoms with Crippen molar-refractivity contribution in [1.29, 1.82) is 0 Å². The molecule has 1 aromatic heterocycles. The van der Waals surface area contributed by atoms with Gasteiger partial charge in [0, 0.05) is 24.7 Å². The van der Waals surface area contributed by atoms with Crippen LogP contribution in [0.5, 0.6) is 0 Å². The zero-order chi connectivity index (χ0) is 14.7. The number of ketones is 1. The van der Waals surface area contributed by atoms with E-state index in [0.29, 0.717) is 16.7 Å². The minimum absolute atomic E-state index is 0.0297. The monoisotopic (exact) mass is 292 g/mol. The SMILES string of the molecule is CC(=O)CSc1nnc(-c2ccc([N+](=O)[O-])cc2)n1C. The molecule has 0 bridgehead atoms. The van der Waals surface area contributed by atoms with Crippen LogP contribution in [0.4, 0.5) is 5.69 Å². The van der Waals surface area contributed by atoms with Crippen molar-refractivity contribution in [3.8, 4) is 11.4 Å². The summed E-state index contributed by atoms with van der Waals surface area (Å²) in [4.78, 5) is 21.1. The van der Waals surface area contributed by atoms with Crippen LogP contribution >= 0.6 is 11.8 Å². The van der Waals surface area contributed by atoms with E-state index in [0.717, 1.165) is 5.56 Å². The summed E-state index contributed by atoms with van der Waals surface area (Å²) in [5.74, 6) is 1.01. The summed E-state index contributed by atoms with van der Waals surface area (Å²) in [6, 6.07) is 6.10. The van der Waals surface area contributed by atoms with Gasteiger partial charge >= 0.3 is 0 Å². The molecule has 0 aliphatic heterocycles. The molecule has 0 atom stereocenters. The highest BCUT2D eigenvalue weighted by atomic mass is 32.2. The number of nitro groups is 1. The Labute approximate surface area is 119 Å². The maximum atomic E-state index is 11.0. The fourth-order valence-corrected chi connectivity index (χ4v) is 2.30. The number of rotatable bonds is 5. The van der Waals surface area contributed by atoms with Gasteiger partial charge in [-0.3, -0.25) is 14.9 Å². The average molecular weight is 292 g/mol. The van der Waals surface area contributed by atoms with Crippen LogP contribution in [-0.4, -0.2) is 31.2 Å². The predicted molar refractivity (Wildman–Crippen MR) is 74.5 cm³/mol. The second kappa shape index (κ2) is 5.83. The Morgan fingerprint density at radius 1 is 1.35 bits per heavy atom. The maximum Gasteiger partial charge on any atom is 0.269 e. The van der Waals surface area contributed by atoms with Crippen LogP contribution in [0.25, 0.3) is 11.4 Å². The van der Waals surface area contributed by atoms with Crippen molar-refractivity contribution in [3.05, 3.63) is 34.4 Å². The van der Waals surface area contributed by atoms with Crippen molar-refractivity contribution >= 4 is 23.2 Å². The number of nitro benzene ring substituents is 1. The number of aromatic nitrogens is 3. The molecule has 0 saturated heterocycles. The molecular formula is C12H12N4O3S. The van der Waals surface area contributed by atoms with Crippen molar-refractivity contribution in [1.82, 2.24) is 14.8 Å². The lowest BCUT2D eigenvalue weighted by Gasteiger charge is -2.02. The minimum Gasteiger partial charge on any atom is -0.305 e. The van der Waals surface area contributed by atoms with Crippen LogP contribution in [0.3, 0.4) is 0 Å². The van der Waals surface area contributed by atoms with Gasteiger partial charge in [-0.1, -0.05) is 11.8 Å². The molecule has 0 spiro atoms. The standard InChI is InChI=1S/C12H12N4O3S/c1-8(17)7-20-12-14-13-11(15(12)2)9-3-5-10(6-4-9)16(18)19/h3-6H,7H2,1-2H3. The van der Waals surface area contributed by atoms with Gasteiger partial charge in [-0.15, -0.1) is 10.2 Å². The minimum atomic E-state index is -0.450. The highest BCUT2D eigenvalue weighted by Crippen LogP contribution is 2.24. The van der Waals surface area contributed by atoms with E-state index in [1.165, 1.54) is 30.8 Å². The van der Waals surface area contributed by atoms with Gasteiger partial charge in [0.25, 0.3) is 5.69 Å². The lowest BCUT2D eigenvalue weighted by Crippen LogP contribution is -1.98. The third-order valence-electron chi connectivity index (χ3n) is 2.58. The fourth-order valence-electron chi connectivity index (χ4n) is 1.59. The van der Waals surface area contributed by atoms with Crippen LogP contribution in [0.15, 0.2) is 29.4 Å². The predicted octanol–water partition coefficient (Wildman–Crippen LogP) is 2.07. The molecular weight excluding hydrogens is 280 g/mol. The first-order valence-electron chi connectivity index (χ1n) is 5.75. The van der Waals surface area contributed by atoms with E-state index in [2.05, 4.69) is 10.2 Å². The number of hydrogen-bond donors (Lipinski definition) is 0. The number of benzene rings is 1. The van der Waals surface area contributed by atoms with Gasteiger partial charge in [-0.2, -0.15) is 0 Å². The van der Waals surface area contributed by atoms with Crippen LogP contribution in [0.2, 0.25) is 0 Å². The molecule has 0 saturated carbocycles. The molecule has 1 aromatic carbocycles. The molecule has 0 unspecified atom stereocenters. The molecule has 8 heteroatoms. The molecule has 0 N–H and O–H groups in total. The summed E-state index contributed by atoms with van der Waals surface area (Å²) >= 11 is 1.31. The molecule has 2 aromatic rings. The third-order valence-corrected chi connectivity index (χ3v) is 3.74. The van der Waals surface area contributed by atoms with Crippen molar-refractivity contribution in [2.75, 3.05) is 5.75 Å². The van der Waals surface area contributed by atoms with Gasteiger partial charge in [0.15, 0.2) is 11.0 Å². The van der Waals surface area contributed by atoms with E-state index in [4.69, 9.17) is 0 Å². The first-order valence-corrected chi connectivity index (χ1v) is 6.74. The second-order valence-corrected chi connectivity index (χ2v) is 5.10. The third kappa shape index (κ3) is 3.02. The van der Waals surface area contributed by atoms with Gasteiger partial charge in [-0.05, 0) is 19.1 Å². The summed E-state index contributed by atoms with van der Waals surface area (Å²) in [6.07, 6.45) is 0. The van der Waals surface area contributed by atoms with E-state index < -0.39 is 4.92 Å². The zero-order valence-electron chi connectivity index (χ0n) is 10.9. The maximum absolute atomic E-state index is 11.0. The number of nitrogens with zero attached hydrogens (tertiary/aromatic N) is 4. The van der Waals surface area contributed by atoms with Crippen LogP contribution in [0.1, 0.15) is 6.92 Å². The molecule has 0 radical (unpaired) electrons. The topological polar surface area (TPSA) is 90.9 Å². The first-order chi connectivity index (χ1) is 9.49. The van der Waals surface area contributed by atoms with Gasteiger partial charge in [0.2, 0.25) is 0 Å². The van der Waals surface area contributed by atoms with E-state index in [-0.39, 0.29) is 11.5 Å². The van der Waals surface area contributed by atoms with E-state index in [1.54, 1.807) is 23.7 Å². The van der Waals surface area contributed by atoms with Gasteiger partial charge in [0.1, 0.15) is 5.78 Å². The molecule has 1 heterocycles. The van der Waals surface area contributed by atoms with Gasteiger partial charge in [0.05, 0.1) is 10.7 Å². The summed E-state index contributed by atoms with van der Waals surface area (Å²) in [6.45, 7) is 1.51. The van der Waals surface area contributed by atoms with Gasteiger partial charge in [-0.25, -0.2) is 0 Å². The van der Waals surface area contributed by atoms with E-state index in [9.17, 15) is 14.9 Å². The highest BCUT2D eigenvalue weighted by Gasteiger charge is 2.13. The molecule has 0 fully saturated rings. The number of thioether (sulfide) groups is 1. The summed E-state index contributed by atoms with van der Waals surface area (Å²) in [7, 11) is 1.79. The smallest absolute Gasteiger partial charge is 0.269 e. The Morgan fingerprint density at radius 3 is 2.55 bits per heavy atom. The molecule has 2 rings (SSSR count). The Balaban J connectivity index is 2.24. The second-order valence-electron chi connectivity index (χ2n) is 4.16. The van der Waals surface area contributed by atoms with Crippen molar-refractivity contribution < 1.29 is 9.72 Å². The number of Topliss-reactive ketones (excluding diaryl/α,β-unsaturated/α-hetero) is 1. The first kappa shape index (κ1) is 14.2. The fraction of sp³-hybridized carbons (Fsp3) is 0.250. The van der Waals surface area contributed by atoms with Crippen LogP contribution in [-0.2, 0) is 11.8 Å².